The lowest BCUT2D eigenvalue weighted by Gasteiger charge is -2.29. The molecule has 0 unspecified atom stereocenters. The van der Waals surface area contributed by atoms with E-state index in [4.69, 9.17) is 9.47 Å². The molecule has 1 aliphatic carbocycles. The van der Waals surface area contributed by atoms with Crippen LogP contribution in [0.1, 0.15) is 47.4 Å². The third-order valence-corrected chi connectivity index (χ3v) is 9.56. The number of ether oxygens (including phenoxy) is 2. The number of nitrogens with one attached hydrogen (secondary N) is 2. The van der Waals surface area contributed by atoms with E-state index in [1.165, 1.54) is 5.56 Å². The summed E-state index contributed by atoms with van der Waals surface area (Å²) in [5.41, 5.74) is 3.94. The Labute approximate surface area is 275 Å². The predicted octanol–water partition coefficient (Wildman–Crippen LogP) is 7.16. The van der Waals surface area contributed by atoms with Crippen molar-refractivity contribution in [2.24, 2.45) is 0 Å². The minimum Gasteiger partial charge on any atom is -0.455 e. The number of hydrogen-bond donors (Lipinski definition) is 2. The number of fused-ring (bicyclic) bond motifs is 3. The van der Waals surface area contributed by atoms with Gasteiger partial charge in [0.1, 0.15) is 35.1 Å². The Balaban J connectivity index is 1.03. The average Bonchev–Trinajstić information content (AvgIpc) is 3.43. The molecule has 9 nitrogen and oxygen atoms in total. The Bertz CT molecular complexity index is 1740. The van der Waals surface area contributed by atoms with Gasteiger partial charge in [0, 0.05) is 41.5 Å². The number of thiophene rings is 1. The van der Waals surface area contributed by atoms with E-state index < -0.39 is 12.8 Å². The van der Waals surface area contributed by atoms with E-state index in [1.54, 1.807) is 29.9 Å². The third-order valence-electron chi connectivity index (χ3n) is 8.44. The molecule has 4 aromatic rings. The fourth-order valence-electron chi connectivity index (χ4n) is 5.98. The van der Waals surface area contributed by atoms with Gasteiger partial charge < -0.3 is 25.0 Å². The molecule has 1 aliphatic heterocycles. The van der Waals surface area contributed by atoms with Crippen molar-refractivity contribution in [3.05, 3.63) is 76.7 Å². The van der Waals surface area contributed by atoms with Crippen molar-refractivity contribution in [3.63, 3.8) is 0 Å². The van der Waals surface area contributed by atoms with Gasteiger partial charge in [-0.05, 0) is 87.4 Å². The van der Waals surface area contributed by atoms with Crippen LogP contribution < -0.4 is 15.4 Å². The summed E-state index contributed by atoms with van der Waals surface area (Å²) < 4.78 is 48.2. The molecule has 2 N–H and O–H groups in total. The molecule has 0 saturated heterocycles. The molecular formula is C34H37F3N6O3S. The van der Waals surface area contributed by atoms with Crippen LogP contribution in [0.2, 0.25) is 0 Å². The van der Waals surface area contributed by atoms with Crippen LogP contribution >= 0.6 is 11.3 Å². The second kappa shape index (κ2) is 14.4. The second-order valence-electron chi connectivity index (χ2n) is 12.0. The Kier molecular flexibility index (Phi) is 10.0. The SMILES string of the molecule is Cc1ccc(Oc2ccc(Nc3ncnc4sc5c(c34)CCN(C(=O)/C=C/CN[C@H]3CC[C@H](OCC(F)(F)F)CC3)C5)cc2C)cn1. The van der Waals surface area contributed by atoms with Crippen molar-refractivity contribution in [2.45, 2.75) is 70.8 Å². The highest BCUT2D eigenvalue weighted by atomic mass is 32.1. The van der Waals surface area contributed by atoms with Gasteiger partial charge in [0.25, 0.3) is 0 Å². The fraction of sp³-hybridized carbons (Fsp3) is 0.412. The number of amides is 1. The minimum absolute atomic E-state index is 0.0530. The second-order valence-corrected chi connectivity index (χ2v) is 13.1. The van der Waals surface area contributed by atoms with Crippen LogP contribution in [0, 0.1) is 13.8 Å². The Morgan fingerprint density at radius 2 is 1.94 bits per heavy atom. The lowest BCUT2D eigenvalue weighted by atomic mass is 9.93. The van der Waals surface area contributed by atoms with Crippen molar-refractivity contribution in [3.8, 4) is 11.5 Å². The number of halogens is 3. The van der Waals surface area contributed by atoms with Crippen LogP contribution in [0.5, 0.6) is 11.5 Å². The summed E-state index contributed by atoms with van der Waals surface area (Å²) in [6.45, 7) is 4.35. The van der Waals surface area contributed by atoms with Crippen molar-refractivity contribution < 1.29 is 27.4 Å². The molecule has 3 aromatic heterocycles. The van der Waals surface area contributed by atoms with Gasteiger partial charge in [-0.2, -0.15) is 13.2 Å². The van der Waals surface area contributed by atoms with Crippen LogP contribution in [0.15, 0.2) is 55.0 Å². The summed E-state index contributed by atoms with van der Waals surface area (Å²) in [6.07, 6.45) is 5.42. The van der Waals surface area contributed by atoms with E-state index in [1.807, 2.05) is 55.2 Å². The molecule has 0 radical (unpaired) electrons. The number of carbonyl (C=O) groups is 1. The maximum atomic E-state index is 13.0. The van der Waals surface area contributed by atoms with E-state index in [0.717, 1.165) is 56.4 Å². The molecule has 1 saturated carbocycles. The van der Waals surface area contributed by atoms with Crippen LogP contribution in [-0.2, 0) is 22.5 Å². The first kappa shape index (κ1) is 32.9. The molecule has 1 aromatic carbocycles. The summed E-state index contributed by atoms with van der Waals surface area (Å²) in [5, 5.41) is 7.84. The molecule has 1 fully saturated rings. The van der Waals surface area contributed by atoms with Gasteiger partial charge in [-0.3, -0.25) is 9.78 Å². The van der Waals surface area contributed by atoms with E-state index >= 15 is 0 Å². The summed E-state index contributed by atoms with van der Waals surface area (Å²) in [4.78, 5) is 30.2. The molecule has 0 atom stereocenters. The highest BCUT2D eigenvalue weighted by Crippen LogP contribution is 2.38. The predicted molar refractivity (Wildman–Crippen MR) is 175 cm³/mol. The number of benzene rings is 1. The maximum Gasteiger partial charge on any atom is 0.411 e. The van der Waals surface area contributed by atoms with Gasteiger partial charge in [-0.25, -0.2) is 9.97 Å². The van der Waals surface area contributed by atoms with Crippen molar-refractivity contribution >= 4 is 39.0 Å². The first-order valence-electron chi connectivity index (χ1n) is 15.7. The van der Waals surface area contributed by atoms with Crippen LogP contribution in [-0.4, -0.2) is 63.8 Å². The van der Waals surface area contributed by atoms with E-state index in [-0.39, 0.29) is 18.1 Å². The van der Waals surface area contributed by atoms with Crippen LogP contribution in [0.4, 0.5) is 24.7 Å². The third kappa shape index (κ3) is 8.45. The van der Waals surface area contributed by atoms with Gasteiger partial charge in [0.05, 0.1) is 24.2 Å². The summed E-state index contributed by atoms with van der Waals surface area (Å²) >= 11 is 1.59. The van der Waals surface area contributed by atoms with Crippen molar-refractivity contribution in [2.75, 3.05) is 25.0 Å². The molecule has 47 heavy (non-hydrogen) atoms. The molecule has 2 aliphatic rings. The van der Waals surface area contributed by atoms with Gasteiger partial charge in [0.15, 0.2) is 0 Å². The smallest absolute Gasteiger partial charge is 0.411 e. The fourth-order valence-corrected chi connectivity index (χ4v) is 7.18. The number of carbonyl (C=O) groups excluding carboxylic acids is 1. The summed E-state index contributed by atoms with van der Waals surface area (Å²) in [6, 6.07) is 9.91. The number of alkyl halides is 3. The van der Waals surface area contributed by atoms with E-state index in [0.29, 0.717) is 44.6 Å². The number of aromatic nitrogens is 3. The Morgan fingerprint density at radius 1 is 1.11 bits per heavy atom. The lowest BCUT2D eigenvalue weighted by molar-refractivity contribution is -0.188. The first-order chi connectivity index (χ1) is 22.6. The normalized spacial score (nSPS) is 18.4. The van der Waals surface area contributed by atoms with Crippen LogP contribution in [0.25, 0.3) is 10.2 Å². The zero-order valence-corrected chi connectivity index (χ0v) is 27.1. The van der Waals surface area contributed by atoms with Gasteiger partial charge >= 0.3 is 6.18 Å². The standard InChI is InChI=1S/C34H37F3N6O3S/c1-21-16-24(8-12-28(21)46-26-9-5-22(2)39-17-26)42-32-31-27-13-15-43(18-29(27)47-33(31)41-20-40-32)30(44)4-3-14-38-23-6-10-25(11-7-23)45-19-34(35,36)37/h3-5,8-9,12,16-17,20,23,25,38H,6-7,10-11,13-15,18-19H2,1-2H3,(H,40,41,42)/b4-3+/t23-,25-. The highest BCUT2D eigenvalue weighted by molar-refractivity contribution is 7.19. The topological polar surface area (TPSA) is 102 Å². The molecule has 0 bridgehead atoms. The molecular weight excluding hydrogens is 629 g/mol. The number of hydrogen-bond acceptors (Lipinski definition) is 9. The van der Waals surface area contributed by atoms with E-state index in [9.17, 15) is 18.0 Å². The van der Waals surface area contributed by atoms with E-state index in [2.05, 4.69) is 25.6 Å². The molecule has 6 rings (SSSR count). The first-order valence-corrected chi connectivity index (χ1v) is 16.5. The highest BCUT2D eigenvalue weighted by Gasteiger charge is 2.31. The zero-order chi connectivity index (χ0) is 33.0. The summed E-state index contributed by atoms with van der Waals surface area (Å²) in [7, 11) is 0. The number of anilines is 2. The molecule has 0 spiro atoms. The Hall–Kier alpha value is -4.07. The monoisotopic (exact) mass is 666 g/mol. The lowest BCUT2D eigenvalue weighted by Crippen LogP contribution is -2.37. The molecule has 1 amide bonds. The number of nitrogens with zero attached hydrogens (tertiary/aromatic N) is 4. The maximum absolute atomic E-state index is 13.0. The number of rotatable bonds is 10. The van der Waals surface area contributed by atoms with Crippen molar-refractivity contribution in [1.29, 1.82) is 0 Å². The molecule has 248 valence electrons. The van der Waals surface area contributed by atoms with Crippen LogP contribution in [0.3, 0.4) is 0 Å². The molecule has 13 heteroatoms. The minimum atomic E-state index is -4.29. The van der Waals surface area contributed by atoms with Gasteiger partial charge in [-0.15, -0.1) is 11.3 Å². The van der Waals surface area contributed by atoms with Gasteiger partial charge in [-0.1, -0.05) is 6.08 Å². The molecule has 4 heterocycles. The zero-order valence-electron chi connectivity index (χ0n) is 26.3. The Morgan fingerprint density at radius 3 is 2.68 bits per heavy atom. The number of pyridine rings is 1. The quantitative estimate of drug-likeness (QED) is 0.172. The van der Waals surface area contributed by atoms with Crippen molar-refractivity contribution in [1.82, 2.24) is 25.2 Å². The van der Waals surface area contributed by atoms with Gasteiger partial charge in [0.2, 0.25) is 5.91 Å². The largest absolute Gasteiger partial charge is 0.455 e. The number of aryl methyl sites for hydroxylation is 2. The average molecular weight is 667 g/mol. The summed E-state index contributed by atoms with van der Waals surface area (Å²) in [5.74, 6) is 2.10.